The Bertz CT molecular complexity index is 847. The minimum absolute atomic E-state index is 0.0251. The van der Waals surface area contributed by atoms with Gasteiger partial charge in [-0.25, -0.2) is 5.84 Å². The molecule has 4 N–H and O–H groups in total. The predicted molar refractivity (Wildman–Crippen MR) is 113 cm³/mol. The molecule has 0 unspecified atom stereocenters. The van der Waals surface area contributed by atoms with Crippen LogP contribution in [0.4, 0.5) is 0 Å². The highest BCUT2D eigenvalue weighted by Gasteiger charge is 2.38. The van der Waals surface area contributed by atoms with E-state index in [2.05, 4.69) is 10.7 Å². The molecule has 0 bridgehead atoms. The van der Waals surface area contributed by atoms with E-state index in [1.807, 2.05) is 91.0 Å². The van der Waals surface area contributed by atoms with Crippen molar-refractivity contribution in [1.29, 1.82) is 0 Å². The van der Waals surface area contributed by atoms with Gasteiger partial charge in [0.25, 0.3) is 0 Å². The van der Waals surface area contributed by atoms with Crippen molar-refractivity contribution >= 4 is 11.8 Å². The number of amides is 2. The van der Waals surface area contributed by atoms with Gasteiger partial charge in [-0.2, -0.15) is 0 Å². The van der Waals surface area contributed by atoms with Gasteiger partial charge in [-0.15, -0.1) is 0 Å². The van der Waals surface area contributed by atoms with Crippen molar-refractivity contribution in [3.63, 3.8) is 0 Å². The molecule has 148 valence electrons. The molecule has 0 radical (unpaired) electrons. The van der Waals surface area contributed by atoms with E-state index in [-0.39, 0.29) is 18.2 Å². The largest absolute Gasteiger partial charge is 0.338 e. The molecule has 3 rings (SSSR count). The normalized spacial score (nSPS) is 12.1. The number of rotatable bonds is 7. The molecule has 5 heteroatoms. The van der Waals surface area contributed by atoms with Gasteiger partial charge in [-0.1, -0.05) is 97.9 Å². The van der Waals surface area contributed by atoms with Gasteiger partial charge >= 0.3 is 0 Å². The Kier molecular flexibility index (Phi) is 6.42. The summed E-state index contributed by atoms with van der Waals surface area (Å²) in [6.45, 7) is 1.68. The van der Waals surface area contributed by atoms with Crippen molar-refractivity contribution in [3.05, 3.63) is 108 Å². The third-order valence-corrected chi connectivity index (χ3v) is 5.03. The van der Waals surface area contributed by atoms with Crippen LogP contribution in [0.3, 0.4) is 0 Å². The Balaban J connectivity index is 2.12. The van der Waals surface area contributed by atoms with Crippen molar-refractivity contribution < 1.29 is 9.59 Å². The van der Waals surface area contributed by atoms with E-state index < -0.39 is 11.5 Å². The summed E-state index contributed by atoms with van der Waals surface area (Å²) in [5.41, 5.74) is 4.02. The number of benzene rings is 3. The van der Waals surface area contributed by atoms with Crippen LogP contribution in [-0.4, -0.2) is 11.8 Å². The molecule has 0 saturated carbocycles. The lowest BCUT2D eigenvalue weighted by Crippen LogP contribution is -2.48. The first-order chi connectivity index (χ1) is 14.1. The molecule has 5 nitrogen and oxygen atoms in total. The van der Waals surface area contributed by atoms with E-state index in [1.165, 1.54) is 0 Å². The number of nitrogens with two attached hydrogens (primary N) is 1. The molecule has 0 saturated heterocycles. The predicted octanol–water partition coefficient (Wildman–Crippen LogP) is 3.11. The molecule has 0 spiro atoms. The molecule has 3 aromatic carbocycles. The second-order valence-electron chi connectivity index (χ2n) is 7.01. The summed E-state index contributed by atoms with van der Waals surface area (Å²) in [4.78, 5) is 24.9. The molecule has 0 aliphatic rings. The third kappa shape index (κ3) is 4.36. The van der Waals surface area contributed by atoms with E-state index in [4.69, 9.17) is 5.84 Å². The fourth-order valence-electron chi connectivity index (χ4n) is 3.55. The lowest BCUT2D eigenvalue weighted by molar-refractivity contribution is -0.130. The minimum Gasteiger partial charge on any atom is -0.338 e. The third-order valence-electron chi connectivity index (χ3n) is 5.03. The SMILES string of the molecule is C[C@H](CC(=O)NC(c1ccccc1)(c1ccccc1)c1ccccc1)C(=O)NN. The van der Waals surface area contributed by atoms with E-state index in [9.17, 15) is 9.59 Å². The number of nitrogens with one attached hydrogen (secondary N) is 2. The van der Waals surface area contributed by atoms with E-state index >= 15 is 0 Å². The van der Waals surface area contributed by atoms with E-state index in [1.54, 1.807) is 6.92 Å². The van der Waals surface area contributed by atoms with Gasteiger partial charge in [0.05, 0.1) is 0 Å². The molecule has 3 aromatic rings. The number of hydrazine groups is 1. The lowest BCUT2D eigenvalue weighted by atomic mass is 9.76. The summed E-state index contributed by atoms with van der Waals surface area (Å²) >= 11 is 0. The van der Waals surface area contributed by atoms with Crippen LogP contribution in [0.15, 0.2) is 91.0 Å². The van der Waals surface area contributed by atoms with Crippen LogP contribution >= 0.6 is 0 Å². The van der Waals surface area contributed by atoms with Gasteiger partial charge in [0.2, 0.25) is 11.8 Å². The Labute approximate surface area is 170 Å². The Morgan fingerprint density at radius 1 is 0.793 bits per heavy atom. The average Bonchev–Trinajstić information content (AvgIpc) is 2.78. The highest BCUT2D eigenvalue weighted by atomic mass is 16.2. The van der Waals surface area contributed by atoms with Crippen molar-refractivity contribution in [3.8, 4) is 0 Å². The molecule has 0 aliphatic heterocycles. The second kappa shape index (κ2) is 9.17. The second-order valence-corrected chi connectivity index (χ2v) is 7.01. The maximum absolute atomic E-state index is 13.1. The molecular weight excluding hydrogens is 362 g/mol. The van der Waals surface area contributed by atoms with Crippen LogP contribution in [-0.2, 0) is 15.1 Å². The molecule has 0 aromatic heterocycles. The van der Waals surface area contributed by atoms with Gasteiger partial charge in [0, 0.05) is 12.3 Å². The molecule has 0 heterocycles. The zero-order valence-corrected chi connectivity index (χ0v) is 16.3. The summed E-state index contributed by atoms with van der Waals surface area (Å²) in [5, 5.41) is 3.23. The highest BCUT2D eigenvalue weighted by molar-refractivity contribution is 5.86. The maximum Gasteiger partial charge on any atom is 0.237 e. The number of carbonyl (C=O) groups excluding carboxylic acids is 2. The Morgan fingerprint density at radius 3 is 1.52 bits per heavy atom. The van der Waals surface area contributed by atoms with Crippen LogP contribution in [0.5, 0.6) is 0 Å². The van der Waals surface area contributed by atoms with Gasteiger partial charge in [0.15, 0.2) is 0 Å². The quantitative estimate of drug-likeness (QED) is 0.252. The first kappa shape index (κ1) is 20.3. The zero-order chi connectivity index (χ0) is 20.7. The van der Waals surface area contributed by atoms with Crippen molar-refractivity contribution in [2.45, 2.75) is 18.9 Å². The van der Waals surface area contributed by atoms with Crippen LogP contribution < -0.4 is 16.6 Å². The van der Waals surface area contributed by atoms with E-state index in [0.29, 0.717) is 0 Å². The molecule has 2 amide bonds. The molecule has 0 fully saturated rings. The monoisotopic (exact) mass is 387 g/mol. The topological polar surface area (TPSA) is 84.2 Å². The maximum atomic E-state index is 13.1. The minimum atomic E-state index is -0.889. The Morgan fingerprint density at radius 2 is 1.17 bits per heavy atom. The van der Waals surface area contributed by atoms with Crippen LogP contribution in [0, 0.1) is 5.92 Å². The van der Waals surface area contributed by atoms with Crippen LogP contribution in [0.25, 0.3) is 0 Å². The summed E-state index contributed by atoms with van der Waals surface area (Å²) in [7, 11) is 0. The van der Waals surface area contributed by atoms with Crippen molar-refractivity contribution in [2.24, 2.45) is 11.8 Å². The van der Waals surface area contributed by atoms with Gasteiger partial charge < -0.3 is 5.32 Å². The molecule has 1 atom stereocenters. The van der Waals surface area contributed by atoms with Crippen LogP contribution in [0.2, 0.25) is 0 Å². The first-order valence-electron chi connectivity index (χ1n) is 9.56. The summed E-state index contributed by atoms with van der Waals surface area (Å²) in [5.74, 6) is 4.07. The van der Waals surface area contributed by atoms with E-state index in [0.717, 1.165) is 16.7 Å². The summed E-state index contributed by atoms with van der Waals surface area (Å²) in [6.07, 6.45) is 0.0251. The summed E-state index contributed by atoms with van der Waals surface area (Å²) < 4.78 is 0. The van der Waals surface area contributed by atoms with Crippen molar-refractivity contribution in [1.82, 2.24) is 10.7 Å². The average molecular weight is 387 g/mol. The fourth-order valence-corrected chi connectivity index (χ4v) is 3.55. The van der Waals surface area contributed by atoms with Gasteiger partial charge in [-0.05, 0) is 16.7 Å². The molecular formula is C24H25N3O2. The van der Waals surface area contributed by atoms with Crippen molar-refractivity contribution in [2.75, 3.05) is 0 Å². The first-order valence-corrected chi connectivity index (χ1v) is 9.56. The van der Waals surface area contributed by atoms with Crippen LogP contribution in [0.1, 0.15) is 30.0 Å². The summed E-state index contributed by atoms with van der Waals surface area (Å²) in [6, 6.07) is 29.5. The molecule has 0 aliphatic carbocycles. The number of hydrogen-bond donors (Lipinski definition) is 3. The van der Waals surface area contributed by atoms with Gasteiger partial charge in [0.1, 0.15) is 5.54 Å². The lowest BCUT2D eigenvalue weighted by Gasteiger charge is -2.37. The zero-order valence-electron chi connectivity index (χ0n) is 16.3. The highest BCUT2D eigenvalue weighted by Crippen LogP contribution is 2.36. The standard InChI is InChI=1S/C24H25N3O2/c1-18(23(29)27-25)17-22(28)26-24(19-11-5-2-6-12-19,20-13-7-3-8-14-20)21-15-9-4-10-16-21/h2-16,18H,17,25H2,1H3,(H,26,28)(H,27,29)/t18-/m1/s1. The fraction of sp³-hybridized carbons (Fsp3) is 0.167. The Hall–Kier alpha value is -3.44. The van der Waals surface area contributed by atoms with Gasteiger partial charge in [-0.3, -0.25) is 15.0 Å². The number of hydrogen-bond acceptors (Lipinski definition) is 3. The molecule has 29 heavy (non-hydrogen) atoms. The number of carbonyl (C=O) groups is 2. The smallest absolute Gasteiger partial charge is 0.237 e.